The van der Waals surface area contributed by atoms with Crippen molar-refractivity contribution in [1.29, 1.82) is 0 Å². The summed E-state index contributed by atoms with van der Waals surface area (Å²) < 4.78 is 32.1. The summed E-state index contributed by atoms with van der Waals surface area (Å²) >= 11 is 12.0. The molecule has 0 aliphatic carbocycles. The summed E-state index contributed by atoms with van der Waals surface area (Å²) in [4.78, 5) is 12.2. The third-order valence-electron chi connectivity index (χ3n) is 3.68. The summed E-state index contributed by atoms with van der Waals surface area (Å²) in [6.45, 7) is 5.39. The highest BCUT2D eigenvalue weighted by Crippen LogP contribution is 2.28. The first-order chi connectivity index (χ1) is 12.6. The largest absolute Gasteiger partial charge is 0.360 e. The van der Waals surface area contributed by atoms with Gasteiger partial charge in [0.2, 0.25) is 15.9 Å². The first-order valence-electron chi connectivity index (χ1n) is 8.28. The number of nitrogens with zero attached hydrogens (tertiary/aromatic N) is 2. The standard InChI is InChI=1S/C17H21Cl2N3O4S/c1-11(2)6-7-22(10-17(23)20-16-8-12(3)26-21-16)27(24,25)15-9-13(18)4-5-14(15)19/h4-5,8-9,11H,6-7,10H2,1-3H3,(H,20,21,23). The zero-order valence-electron chi connectivity index (χ0n) is 15.2. The molecule has 1 N–H and O–H groups in total. The number of halogens is 2. The lowest BCUT2D eigenvalue weighted by atomic mass is 10.1. The number of aromatic nitrogens is 1. The molecule has 148 valence electrons. The van der Waals surface area contributed by atoms with Crippen molar-refractivity contribution in [3.8, 4) is 0 Å². The summed E-state index contributed by atoms with van der Waals surface area (Å²) in [5.74, 6) is 0.465. The van der Waals surface area contributed by atoms with E-state index in [0.717, 1.165) is 4.31 Å². The van der Waals surface area contributed by atoms with E-state index in [9.17, 15) is 13.2 Å². The predicted molar refractivity (Wildman–Crippen MR) is 105 cm³/mol. The Hall–Kier alpha value is -1.61. The van der Waals surface area contributed by atoms with Crippen molar-refractivity contribution in [3.63, 3.8) is 0 Å². The molecule has 0 fully saturated rings. The van der Waals surface area contributed by atoms with Gasteiger partial charge < -0.3 is 9.84 Å². The molecule has 2 rings (SSSR count). The Morgan fingerprint density at radius 1 is 1.30 bits per heavy atom. The van der Waals surface area contributed by atoms with Gasteiger partial charge in [0, 0.05) is 17.6 Å². The minimum absolute atomic E-state index is 0.0430. The molecule has 27 heavy (non-hydrogen) atoms. The molecule has 0 radical (unpaired) electrons. The molecule has 0 saturated heterocycles. The summed E-state index contributed by atoms with van der Waals surface area (Å²) in [6, 6.07) is 5.73. The van der Waals surface area contributed by atoms with Gasteiger partial charge in [0.1, 0.15) is 10.7 Å². The van der Waals surface area contributed by atoms with Gasteiger partial charge in [-0.2, -0.15) is 4.31 Å². The molecule has 0 bridgehead atoms. The van der Waals surface area contributed by atoms with Crippen molar-refractivity contribution in [3.05, 3.63) is 40.1 Å². The van der Waals surface area contributed by atoms with Crippen LogP contribution >= 0.6 is 23.2 Å². The molecule has 1 aromatic heterocycles. The van der Waals surface area contributed by atoms with Crippen LogP contribution in [-0.4, -0.2) is 36.9 Å². The average molecular weight is 434 g/mol. The molecule has 1 heterocycles. The molecule has 0 aliphatic rings. The van der Waals surface area contributed by atoms with Gasteiger partial charge >= 0.3 is 0 Å². The van der Waals surface area contributed by atoms with Crippen LogP contribution in [0.3, 0.4) is 0 Å². The van der Waals surface area contributed by atoms with E-state index in [2.05, 4.69) is 10.5 Å². The van der Waals surface area contributed by atoms with Crippen LogP contribution in [0.2, 0.25) is 10.0 Å². The van der Waals surface area contributed by atoms with Crippen LogP contribution in [0, 0.1) is 12.8 Å². The van der Waals surface area contributed by atoms with E-state index in [1.165, 1.54) is 18.2 Å². The lowest BCUT2D eigenvalue weighted by molar-refractivity contribution is -0.116. The Kier molecular flexibility index (Phi) is 7.27. The van der Waals surface area contributed by atoms with E-state index < -0.39 is 15.9 Å². The molecule has 0 aliphatic heterocycles. The van der Waals surface area contributed by atoms with Crippen LogP contribution in [0.4, 0.5) is 5.82 Å². The number of rotatable bonds is 8. The van der Waals surface area contributed by atoms with Crippen LogP contribution < -0.4 is 5.32 Å². The van der Waals surface area contributed by atoms with Gasteiger partial charge in [0.05, 0.1) is 11.6 Å². The zero-order chi connectivity index (χ0) is 20.2. The normalized spacial score (nSPS) is 12.0. The Morgan fingerprint density at radius 3 is 2.59 bits per heavy atom. The fraction of sp³-hybridized carbons (Fsp3) is 0.412. The van der Waals surface area contributed by atoms with Crippen molar-refractivity contribution in [2.45, 2.75) is 32.1 Å². The number of amides is 1. The lowest BCUT2D eigenvalue weighted by Gasteiger charge is -2.23. The highest BCUT2D eigenvalue weighted by atomic mass is 35.5. The number of hydrogen-bond donors (Lipinski definition) is 1. The summed E-state index contributed by atoms with van der Waals surface area (Å²) in [6.07, 6.45) is 0.577. The van der Waals surface area contributed by atoms with Gasteiger partial charge in [-0.3, -0.25) is 4.79 Å². The van der Waals surface area contributed by atoms with Gasteiger partial charge in [-0.25, -0.2) is 8.42 Å². The predicted octanol–water partition coefficient (Wildman–Crippen LogP) is 3.97. The van der Waals surface area contributed by atoms with Crippen molar-refractivity contribution in [1.82, 2.24) is 9.46 Å². The van der Waals surface area contributed by atoms with Crippen molar-refractivity contribution < 1.29 is 17.7 Å². The maximum Gasteiger partial charge on any atom is 0.245 e. The number of anilines is 1. The number of hydrogen-bond acceptors (Lipinski definition) is 5. The SMILES string of the molecule is Cc1cc(NC(=O)CN(CCC(C)C)S(=O)(=O)c2cc(Cl)ccc2Cl)no1. The number of sulfonamides is 1. The second-order valence-electron chi connectivity index (χ2n) is 6.47. The summed E-state index contributed by atoms with van der Waals surface area (Å²) in [5, 5.41) is 6.47. The van der Waals surface area contributed by atoms with Crippen molar-refractivity contribution in [2.75, 3.05) is 18.4 Å². The van der Waals surface area contributed by atoms with Gasteiger partial charge in [0.25, 0.3) is 0 Å². The Labute approximate surface area is 168 Å². The van der Waals surface area contributed by atoms with Crippen LogP contribution in [0.1, 0.15) is 26.0 Å². The average Bonchev–Trinajstić information content (AvgIpc) is 2.98. The monoisotopic (exact) mass is 433 g/mol. The number of carbonyl (C=O) groups is 1. The molecule has 1 amide bonds. The van der Waals surface area contributed by atoms with E-state index in [4.69, 9.17) is 27.7 Å². The van der Waals surface area contributed by atoms with Crippen molar-refractivity contribution >= 4 is 45.0 Å². The molecular formula is C17H21Cl2N3O4S. The molecule has 0 unspecified atom stereocenters. The number of nitrogens with one attached hydrogen (secondary N) is 1. The fourth-order valence-corrected chi connectivity index (χ4v) is 4.42. The molecule has 0 saturated carbocycles. The molecule has 0 spiro atoms. The quantitative estimate of drug-likeness (QED) is 0.679. The Morgan fingerprint density at radius 2 is 2.00 bits per heavy atom. The molecule has 2 aromatic rings. The first kappa shape index (κ1) is 21.7. The smallest absolute Gasteiger partial charge is 0.245 e. The number of benzene rings is 1. The minimum atomic E-state index is -4.02. The second-order valence-corrected chi connectivity index (χ2v) is 9.22. The zero-order valence-corrected chi connectivity index (χ0v) is 17.5. The van der Waals surface area contributed by atoms with E-state index in [0.29, 0.717) is 12.2 Å². The minimum Gasteiger partial charge on any atom is -0.360 e. The maximum atomic E-state index is 13.1. The fourth-order valence-electron chi connectivity index (χ4n) is 2.27. The third-order valence-corrected chi connectivity index (χ3v) is 6.24. The summed E-state index contributed by atoms with van der Waals surface area (Å²) in [7, 11) is -4.02. The molecule has 1 aromatic carbocycles. The van der Waals surface area contributed by atoms with Gasteiger partial charge in [0.15, 0.2) is 5.82 Å². The van der Waals surface area contributed by atoms with Crippen molar-refractivity contribution in [2.24, 2.45) is 5.92 Å². The van der Waals surface area contributed by atoms with E-state index >= 15 is 0 Å². The van der Waals surface area contributed by atoms with Crippen LogP contribution in [-0.2, 0) is 14.8 Å². The molecule has 10 heteroatoms. The highest BCUT2D eigenvalue weighted by molar-refractivity contribution is 7.89. The van der Waals surface area contributed by atoms with E-state index in [1.54, 1.807) is 13.0 Å². The molecule has 0 atom stereocenters. The maximum absolute atomic E-state index is 13.1. The molecule has 7 nitrogen and oxygen atoms in total. The lowest BCUT2D eigenvalue weighted by Crippen LogP contribution is -2.39. The third kappa shape index (κ3) is 5.93. The Balaban J connectivity index is 2.26. The second kappa shape index (κ2) is 9.05. The van der Waals surface area contributed by atoms with Gasteiger partial charge in [-0.1, -0.05) is 42.2 Å². The van der Waals surface area contributed by atoms with Gasteiger partial charge in [-0.15, -0.1) is 0 Å². The Bertz CT molecular complexity index is 913. The van der Waals surface area contributed by atoms with Crippen LogP contribution in [0.25, 0.3) is 0 Å². The van der Waals surface area contributed by atoms with Crippen LogP contribution in [0.15, 0.2) is 33.7 Å². The first-order valence-corrected chi connectivity index (χ1v) is 10.5. The van der Waals surface area contributed by atoms with Crippen LogP contribution in [0.5, 0.6) is 0 Å². The van der Waals surface area contributed by atoms with Gasteiger partial charge in [-0.05, 0) is 37.5 Å². The van der Waals surface area contributed by atoms with E-state index in [1.807, 2.05) is 13.8 Å². The van der Waals surface area contributed by atoms with E-state index in [-0.39, 0.29) is 39.8 Å². The summed E-state index contributed by atoms with van der Waals surface area (Å²) in [5.41, 5.74) is 0. The number of aryl methyl sites for hydroxylation is 1. The topological polar surface area (TPSA) is 92.5 Å². The highest BCUT2D eigenvalue weighted by Gasteiger charge is 2.29. The molecular weight excluding hydrogens is 413 g/mol. The number of carbonyl (C=O) groups excluding carboxylic acids is 1.